The van der Waals surface area contributed by atoms with Crippen molar-refractivity contribution in [2.45, 2.75) is 45.1 Å². The Balaban J connectivity index is 1.72. The molecule has 2 aliphatic rings. The summed E-state index contributed by atoms with van der Waals surface area (Å²) >= 11 is 0. The first-order chi connectivity index (χ1) is 8.20. The average Bonchev–Trinajstić information content (AvgIpc) is 3.21. The third-order valence-electron chi connectivity index (χ3n) is 4.84. The van der Waals surface area contributed by atoms with Crippen LogP contribution >= 0.6 is 0 Å². The van der Waals surface area contributed by atoms with Gasteiger partial charge >= 0.3 is 0 Å². The Labute approximate surface area is 104 Å². The molecule has 0 saturated heterocycles. The number of aliphatic hydroxyl groups excluding tert-OH is 1. The molecule has 1 atom stereocenters. The summed E-state index contributed by atoms with van der Waals surface area (Å²) < 4.78 is 0. The highest BCUT2D eigenvalue weighted by atomic mass is 16.3. The molecule has 1 aromatic rings. The molecule has 2 aliphatic carbocycles. The van der Waals surface area contributed by atoms with E-state index in [2.05, 4.69) is 6.92 Å². The first-order valence-corrected chi connectivity index (χ1v) is 6.93. The molecule has 0 heterocycles. The van der Waals surface area contributed by atoms with Crippen molar-refractivity contribution in [3.8, 4) is 0 Å². The van der Waals surface area contributed by atoms with Crippen molar-refractivity contribution in [2.24, 2.45) is 17.3 Å². The van der Waals surface area contributed by atoms with E-state index in [1.54, 1.807) is 0 Å². The fraction of sp³-hybridized carbons (Fsp3) is 0.625. The molecule has 1 N–H and O–H groups in total. The number of hydrogen-bond acceptors (Lipinski definition) is 1. The van der Waals surface area contributed by atoms with Gasteiger partial charge in [-0.1, -0.05) is 37.3 Å². The molecule has 1 aromatic carbocycles. The summed E-state index contributed by atoms with van der Waals surface area (Å²) in [6, 6.07) is 10.1. The molecule has 17 heavy (non-hydrogen) atoms. The summed E-state index contributed by atoms with van der Waals surface area (Å²) in [5.41, 5.74) is 1.48. The molecule has 1 heteroatoms. The summed E-state index contributed by atoms with van der Waals surface area (Å²) in [6.45, 7) is 2.41. The van der Waals surface area contributed by atoms with E-state index in [1.807, 2.05) is 30.3 Å². The largest absolute Gasteiger partial charge is 0.388 e. The fourth-order valence-corrected chi connectivity index (χ4v) is 3.36. The monoisotopic (exact) mass is 230 g/mol. The van der Waals surface area contributed by atoms with Gasteiger partial charge in [-0.25, -0.2) is 0 Å². The zero-order chi connectivity index (χ0) is 11.9. The van der Waals surface area contributed by atoms with Crippen molar-refractivity contribution in [3.63, 3.8) is 0 Å². The molecule has 0 radical (unpaired) electrons. The van der Waals surface area contributed by atoms with Crippen molar-refractivity contribution in [1.29, 1.82) is 0 Å². The van der Waals surface area contributed by atoms with Crippen LogP contribution in [0.3, 0.4) is 0 Å². The van der Waals surface area contributed by atoms with Crippen LogP contribution in [-0.4, -0.2) is 5.11 Å². The summed E-state index contributed by atoms with van der Waals surface area (Å²) in [5, 5.41) is 10.4. The van der Waals surface area contributed by atoms with E-state index >= 15 is 0 Å². The van der Waals surface area contributed by atoms with E-state index < -0.39 is 0 Å². The molecule has 0 amide bonds. The summed E-state index contributed by atoms with van der Waals surface area (Å²) in [7, 11) is 0. The van der Waals surface area contributed by atoms with Crippen molar-refractivity contribution in [1.82, 2.24) is 0 Å². The maximum absolute atomic E-state index is 10.4. The lowest BCUT2D eigenvalue weighted by molar-refractivity contribution is 0.0779. The summed E-state index contributed by atoms with van der Waals surface area (Å²) in [6.07, 6.45) is 6.21. The molecule has 0 spiro atoms. The van der Waals surface area contributed by atoms with Gasteiger partial charge in [0.25, 0.3) is 0 Å². The molecule has 1 unspecified atom stereocenters. The van der Waals surface area contributed by atoms with Crippen LogP contribution in [0.2, 0.25) is 0 Å². The van der Waals surface area contributed by atoms with E-state index in [4.69, 9.17) is 0 Å². The molecule has 3 rings (SSSR count). The minimum atomic E-state index is -0.276. The fourth-order valence-electron chi connectivity index (χ4n) is 3.36. The number of hydrogen-bond donors (Lipinski definition) is 1. The normalized spacial score (nSPS) is 22.5. The Morgan fingerprint density at radius 2 is 1.65 bits per heavy atom. The zero-order valence-corrected chi connectivity index (χ0v) is 10.6. The van der Waals surface area contributed by atoms with Crippen LogP contribution in [0.4, 0.5) is 0 Å². The predicted molar refractivity (Wildman–Crippen MR) is 69.6 cm³/mol. The minimum Gasteiger partial charge on any atom is -0.388 e. The van der Waals surface area contributed by atoms with E-state index in [0.717, 1.165) is 23.8 Å². The van der Waals surface area contributed by atoms with Crippen LogP contribution in [0.25, 0.3) is 0 Å². The third-order valence-corrected chi connectivity index (χ3v) is 4.84. The van der Waals surface area contributed by atoms with Gasteiger partial charge in [0.15, 0.2) is 0 Å². The van der Waals surface area contributed by atoms with Gasteiger partial charge in [-0.15, -0.1) is 0 Å². The highest BCUT2D eigenvalue weighted by Gasteiger charge is 2.51. The Morgan fingerprint density at radius 1 is 1.12 bits per heavy atom. The van der Waals surface area contributed by atoms with Crippen molar-refractivity contribution in [3.05, 3.63) is 35.9 Å². The van der Waals surface area contributed by atoms with Gasteiger partial charge in [0.05, 0.1) is 6.10 Å². The van der Waals surface area contributed by atoms with Crippen LogP contribution in [-0.2, 0) is 0 Å². The van der Waals surface area contributed by atoms with Crippen LogP contribution < -0.4 is 0 Å². The van der Waals surface area contributed by atoms with Crippen molar-refractivity contribution < 1.29 is 5.11 Å². The molecular weight excluding hydrogens is 208 g/mol. The van der Waals surface area contributed by atoms with Crippen molar-refractivity contribution >= 4 is 0 Å². The average molecular weight is 230 g/mol. The maximum atomic E-state index is 10.4. The van der Waals surface area contributed by atoms with Gasteiger partial charge in [0.1, 0.15) is 0 Å². The Bertz CT molecular complexity index is 364. The SMILES string of the molecule is CC(CC(O)c1ccccc1)(C1CC1)C1CC1. The van der Waals surface area contributed by atoms with Gasteiger partial charge in [-0.2, -0.15) is 0 Å². The molecule has 2 fully saturated rings. The van der Waals surface area contributed by atoms with Crippen LogP contribution in [0.1, 0.15) is 50.7 Å². The number of rotatable bonds is 5. The molecule has 92 valence electrons. The van der Waals surface area contributed by atoms with Gasteiger partial charge in [-0.05, 0) is 54.9 Å². The van der Waals surface area contributed by atoms with Gasteiger partial charge < -0.3 is 5.11 Å². The first kappa shape index (κ1) is 11.3. The lowest BCUT2D eigenvalue weighted by atomic mass is 9.74. The first-order valence-electron chi connectivity index (χ1n) is 6.93. The summed E-state index contributed by atoms with van der Waals surface area (Å²) in [5.74, 6) is 1.77. The lowest BCUT2D eigenvalue weighted by Crippen LogP contribution is -2.25. The second kappa shape index (κ2) is 4.13. The smallest absolute Gasteiger partial charge is 0.0795 e. The summed E-state index contributed by atoms with van der Waals surface area (Å²) in [4.78, 5) is 0. The van der Waals surface area contributed by atoms with Crippen LogP contribution in [0.15, 0.2) is 30.3 Å². The third kappa shape index (κ3) is 2.26. The minimum absolute atomic E-state index is 0.276. The van der Waals surface area contributed by atoms with E-state index in [0.29, 0.717) is 5.41 Å². The molecule has 1 nitrogen and oxygen atoms in total. The lowest BCUT2D eigenvalue weighted by Gasteiger charge is -2.32. The number of aliphatic hydroxyl groups is 1. The highest BCUT2D eigenvalue weighted by molar-refractivity contribution is 5.18. The second-order valence-corrected chi connectivity index (χ2v) is 6.18. The molecular formula is C16H22O. The van der Waals surface area contributed by atoms with E-state index in [9.17, 15) is 5.11 Å². The van der Waals surface area contributed by atoms with Crippen LogP contribution in [0, 0.1) is 17.3 Å². The molecule has 0 bridgehead atoms. The number of benzene rings is 1. The molecule has 0 aromatic heterocycles. The van der Waals surface area contributed by atoms with E-state index in [1.165, 1.54) is 25.7 Å². The Kier molecular flexibility index (Phi) is 2.74. The molecule has 2 saturated carbocycles. The zero-order valence-electron chi connectivity index (χ0n) is 10.6. The molecule has 0 aliphatic heterocycles. The van der Waals surface area contributed by atoms with Gasteiger partial charge in [0.2, 0.25) is 0 Å². The standard InChI is InChI=1S/C16H22O/c1-16(13-7-8-13,14-9-10-14)11-15(17)12-5-3-2-4-6-12/h2-6,13-15,17H,7-11H2,1H3. The Hall–Kier alpha value is -0.820. The van der Waals surface area contributed by atoms with E-state index in [-0.39, 0.29) is 6.10 Å². The van der Waals surface area contributed by atoms with Gasteiger partial charge in [0, 0.05) is 0 Å². The predicted octanol–water partition coefficient (Wildman–Crippen LogP) is 3.94. The maximum Gasteiger partial charge on any atom is 0.0795 e. The highest BCUT2D eigenvalue weighted by Crippen LogP contribution is 2.60. The van der Waals surface area contributed by atoms with Crippen LogP contribution in [0.5, 0.6) is 0 Å². The second-order valence-electron chi connectivity index (χ2n) is 6.18. The van der Waals surface area contributed by atoms with Gasteiger partial charge in [-0.3, -0.25) is 0 Å². The van der Waals surface area contributed by atoms with Crippen molar-refractivity contribution in [2.75, 3.05) is 0 Å². The quantitative estimate of drug-likeness (QED) is 0.812. The topological polar surface area (TPSA) is 20.2 Å². The Morgan fingerprint density at radius 3 is 2.12 bits per heavy atom.